The van der Waals surface area contributed by atoms with E-state index < -0.39 is 0 Å². The molecule has 1 aromatic carbocycles. The fourth-order valence-electron chi connectivity index (χ4n) is 1.09. The maximum atomic E-state index is 9.22. The Bertz CT molecular complexity index is 396. The molecule has 1 aromatic heterocycles. The minimum atomic E-state index is 0.0378. The van der Waals surface area contributed by atoms with E-state index in [4.69, 9.17) is 10.2 Å². The van der Waals surface area contributed by atoms with Gasteiger partial charge >= 0.3 is 0 Å². The van der Waals surface area contributed by atoms with Crippen LogP contribution in [0.25, 0.3) is 11.1 Å². The molecule has 0 atom stereocenters. The van der Waals surface area contributed by atoms with E-state index in [2.05, 4.69) is 4.98 Å². The van der Waals surface area contributed by atoms with Gasteiger partial charge in [0.2, 0.25) is 0 Å². The zero-order valence-corrected chi connectivity index (χ0v) is 8.53. The van der Waals surface area contributed by atoms with Gasteiger partial charge in [-0.1, -0.05) is 13.8 Å². The van der Waals surface area contributed by atoms with Crippen LogP contribution in [0.2, 0.25) is 0 Å². The number of phenols is 1. The lowest BCUT2D eigenvalue weighted by atomic mass is 10.3. The first-order valence-electron chi connectivity index (χ1n) is 4.52. The normalized spacial score (nSPS) is 9.64. The molecule has 4 heteroatoms. The number of oxazole rings is 1. The lowest BCUT2D eigenvalue weighted by Gasteiger charge is -1.95. The van der Waals surface area contributed by atoms with Crippen molar-refractivity contribution in [2.24, 2.45) is 0 Å². The topological polar surface area (TPSA) is 72.3 Å². The van der Waals surface area contributed by atoms with E-state index in [1.807, 2.05) is 13.8 Å². The minimum Gasteiger partial charge on any atom is -0.506 e. The lowest BCUT2D eigenvalue weighted by Crippen LogP contribution is -1.84. The van der Waals surface area contributed by atoms with Crippen LogP contribution in [-0.4, -0.2) is 10.1 Å². The van der Waals surface area contributed by atoms with Crippen LogP contribution in [-0.2, 0) is 0 Å². The Morgan fingerprint density at radius 1 is 1.36 bits per heavy atom. The van der Waals surface area contributed by atoms with Gasteiger partial charge < -0.3 is 15.3 Å². The number of nitrogens with zero attached hydrogens (tertiary/aromatic N) is 1. The summed E-state index contributed by atoms with van der Waals surface area (Å²) in [5, 5.41) is 9.22. The number of aromatic nitrogens is 1. The maximum Gasteiger partial charge on any atom is 0.192 e. The summed E-state index contributed by atoms with van der Waals surface area (Å²) in [6.45, 7) is 5.74. The van der Waals surface area contributed by atoms with Gasteiger partial charge in [-0.2, -0.15) is 0 Å². The molecular weight excluding hydrogens is 180 g/mol. The van der Waals surface area contributed by atoms with E-state index in [1.165, 1.54) is 6.07 Å². The number of rotatable bonds is 0. The molecule has 0 aliphatic carbocycles. The average molecular weight is 194 g/mol. The quantitative estimate of drug-likeness (QED) is 0.499. The molecule has 76 valence electrons. The summed E-state index contributed by atoms with van der Waals surface area (Å²) in [7, 11) is 0. The van der Waals surface area contributed by atoms with Crippen molar-refractivity contribution in [2.75, 3.05) is 5.73 Å². The number of benzene rings is 1. The molecule has 14 heavy (non-hydrogen) atoms. The van der Waals surface area contributed by atoms with Crippen LogP contribution in [0, 0.1) is 6.92 Å². The molecule has 0 amide bonds. The number of nitrogen functional groups attached to an aromatic ring is 1. The lowest BCUT2D eigenvalue weighted by molar-refractivity contribution is 0.478. The third-order valence-electron chi connectivity index (χ3n) is 1.64. The highest BCUT2D eigenvalue weighted by Gasteiger charge is 2.05. The second-order valence-electron chi connectivity index (χ2n) is 2.61. The van der Waals surface area contributed by atoms with Gasteiger partial charge in [-0.25, -0.2) is 4.98 Å². The fourth-order valence-corrected chi connectivity index (χ4v) is 1.09. The van der Waals surface area contributed by atoms with Crippen molar-refractivity contribution in [3.05, 3.63) is 18.0 Å². The Morgan fingerprint density at radius 2 is 2.00 bits per heavy atom. The summed E-state index contributed by atoms with van der Waals surface area (Å²) < 4.78 is 5.20. The SMILES string of the molecule is CC.Cc1nc2cc(O)c(N)cc2o1. The van der Waals surface area contributed by atoms with Crippen LogP contribution in [0.15, 0.2) is 16.5 Å². The molecular formula is C10H14N2O2. The van der Waals surface area contributed by atoms with Crippen molar-refractivity contribution in [3.8, 4) is 5.75 Å². The first-order chi connectivity index (χ1) is 6.66. The highest BCUT2D eigenvalue weighted by molar-refractivity contribution is 5.80. The molecule has 3 N–H and O–H groups in total. The monoisotopic (exact) mass is 194 g/mol. The number of aromatic hydroxyl groups is 1. The van der Waals surface area contributed by atoms with Crippen LogP contribution in [0.3, 0.4) is 0 Å². The van der Waals surface area contributed by atoms with Gasteiger partial charge in [0.1, 0.15) is 11.3 Å². The van der Waals surface area contributed by atoms with E-state index in [9.17, 15) is 5.11 Å². The molecule has 0 saturated heterocycles. The number of nitrogens with two attached hydrogens (primary N) is 1. The fraction of sp³-hybridized carbons (Fsp3) is 0.300. The Kier molecular flexibility index (Phi) is 2.96. The molecule has 0 unspecified atom stereocenters. The molecule has 0 aliphatic heterocycles. The number of anilines is 1. The number of hydrogen-bond donors (Lipinski definition) is 2. The minimum absolute atomic E-state index is 0.0378. The van der Waals surface area contributed by atoms with E-state index in [1.54, 1.807) is 13.0 Å². The van der Waals surface area contributed by atoms with Crippen LogP contribution in [0.5, 0.6) is 5.75 Å². The van der Waals surface area contributed by atoms with Crippen molar-refractivity contribution >= 4 is 16.8 Å². The van der Waals surface area contributed by atoms with Crippen molar-refractivity contribution < 1.29 is 9.52 Å². The van der Waals surface area contributed by atoms with Crippen LogP contribution >= 0.6 is 0 Å². The smallest absolute Gasteiger partial charge is 0.192 e. The summed E-state index contributed by atoms with van der Waals surface area (Å²) in [4.78, 5) is 4.03. The van der Waals surface area contributed by atoms with Crippen molar-refractivity contribution in [3.63, 3.8) is 0 Å². The Morgan fingerprint density at radius 3 is 2.64 bits per heavy atom. The zero-order valence-electron chi connectivity index (χ0n) is 8.53. The van der Waals surface area contributed by atoms with Gasteiger partial charge in [0, 0.05) is 19.1 Å². The van der Waals surface area contributed by atoms with Crippen LogP contribution in [0.4, 0.5) is 5.69 Å². The molecule has 2 rings (SSSR count). The van der Waals surface area contributed by atoms with E-state index in [0.29, 0.717) is 22.7 Å². The second-order valence-corrected chi connectivity index (χ2v) is 2.61. The predicted molar refractivity (Wildman–Crippen MR) is 56.2 cm³/mol. The molecule has 4 nitrogen and oxygen atoms in total. The first-order valence-corrected chi connectivity index (χ1v) is 4.52. The van der Waals surface area contributed by atoms with Gasteiger partial charge in [-0.15, -0.1) is 0 Å². The summed E-state index contributed by atoms with van der Waals surface area (Å²) in [5.41, 5.74) is 6.99. The van der Waals surface area contributed by atoms with Crippen LogP contribution < -0.4 is 5.73 Å². The molecule has 1 heterocycles. The first kappa shape index (κ1) is 10.4. The standard InChI is InChI=1S/C8H8N2O2.C2H6/c1-4-10-6-3-7(11)5(9)2-8(6)12-4;1-2/h2-3,11H,9H2,1H3;1-2H3. The second kappa shape index (κ2) is 4.00. The van der Waals surface area contributed by atoms with E-state index >= 15 is 0 Å². The molecule has 0 spiro atoms. The zero-order chi connectivity index (χ0) is 10.7. The van der Waals surface area contributed by atoms with Crippen LogP contribution in [0.1, 0.15) is 19.7 Å². The van der Waals surface area contributed by atoms with E-state index in [-0.39, 0.29) is 5.75 Å². The third-order valence-corrected chi connectivity index (χ3v) is 1.64. The number of fused-ring (bicyclic) bond motifs is 1. The Balaban J connectivity index is 0.000000461. The summed E-state index contributed by atoms with van der Waals surface area (Å²) in [6, 6.07) is 3.05. The maximum absolute atomic E-state index is 9.22. The Labute approximate surface area is 82.4 Å². The Hall–Kier alpha value is -1.71. The van der Waals surface area contributed by atoms with Gasteiger partial charge in [0.25, 0.3) is 0 Å². The molecule has 0 saturated carbocycles. The summed E-state index contributed by atoms with van der Waals surface area (Å²) in [6.07, 6.45) is 0. The van der Waals surface area contributed by atoms with E-state index in [0.717, 1.165) is 0 Å². The number of aryl methyl sites for hydroxylation is 1. The third kappa shape index (κ3) is 1.79. The summed E-state index contributed by atoms with van der Waals surface area (Å²) in [5.74, 6) is 0.603. The van der Waals surface area contributed by atoms with Gasteiger partial charge in [0.15, 0.2) is 11.5 Å². The molecule has 0 radical (unpaired) electrons. The highest BCUT2D eigenvalue weighted by Crippen LogP contribution is 2.26. The number of hydrogen-bond acceptors (Lipinski definition) is 4. The largest absolute Gasteiger partial charge is 0.506 e. The molecule has 0 bridgehead atoms. The number of phenolic OH excluding ortho intramolecular Hbond substituents is 1. The van der Waals surface area contributed by atoms with Crippen molar-refractivity contribution in [2.45, 2.75) is 20.8 Å². The highest BCUT2D eigenvalue weighted by atomic mass is 16.3. The predicted octanol–water partition coefficient (Wildman–Crippen LogP) is 2.45. The van der Waals surface area contributed by atoms with Gasteiger partial charge in [-0.05, 0) is 0 Å². The van der Waals surface area contributed by atoms with Gasteiger partial charge in [0.05, 0.1) is 5.69 Å². The summed E-state index contributed by atoms with van der Waals surface area (Å²) >= 11 is 0. The average Bonchev–Trinajstić information content (AvgIpc) is 2.49. The molecule has 0 fully saturated rings. The molecule has 0 aliphatic rings. The molecule has 2 aromatic rings. The van der Waals surface area contributed by atoms with Crippen molar-refractivity contribution in [1.29, 1.82) is 0 Å². The van der Waals surface area contributed by atoms with Crippen molar-refractivity contribution in [1.82, 2.24) is 4.98 Å². The van der Waals surface area contributed by atoms with Gasteiger partial charge in [-0.3, -0.25) is 0 Å².